The van der Waals surface area contributed by atoms with Crippen LogP contribution in [0.25, 0.3) is 0 Å². The lowest BCUT2D eigenvalue weighted by molar-refractivity contribution is -0.941. The van der Waals surface area contributed by atoms with Gasteiger partial charge < -0.3 is 30.6 Å². The van der Waals surface area contributed by atoms with Gasteiger partial charge >= 0.3 is 5.97 Å². The third kappa shape index (κ3) is 4.55. The number of alkyl halides is 1. The van der Waals surface area contributed by atoms with Crippen LogP contribution >= 0.6 is 23.3 Å². The van der Waals surface area contributed by atoms with Crippen LogP contribution in [0.4, 0.5) is 9.52 Å². The van der Waals surface area contributed by atoms with Gasteiger partial charge in [-0.25, -0.2) is 9.18 Å². The molecule has 0 aromatic carbocycles. The van der Waals surface area contributed by atoms with Crippen LogP contribution in [-0.2, 0) is 19.2 Å². The largest absolute Gasteiger partial charge is 0.477 e. The zero-order chi connectivity index (χ0) is 26.4. The molecule has 6 heterocycles. The van der Waals surface area contributed by atoms with Crippen molar-refractivity contribution in [3.63, 3.8) is 0 Å². The van der Waals surface area contributed by atoms with E-state index in [1.54, 1.807) is 0 Å². The molecule has 5 N–H and O–H groups in total. The molecule has 0 spiro atoms. The lowest BCUT2D eigenvalue weighted by Gasteiger charge is -2.55. The van der Waals surface area contributed by atoms with Crippen molar-refractivity contribution < 1.29 is 38.3 Å². The van der Waals surface area contributed by atoms with Crippen molar-refractivity contribution in [2.45, 2.75) is 30.7 Å². The number of rotatable bonds is 9. The van der Waals surface area contributed by atoms with Gasteiger partial charge in [-0.3, -0.25) is 14.5 Å². The van der Waals surface area contributed by atoms with Crippen molar-refractivity contribution in [1.82, 2.24) is 19.6 Å². The van der Waals surface area contributed by atoms with Gasteiger partial charge in [0.1, 0.15) is 23.7 Å². The van der Waals surface area contributed by atoms with E-state index in [2.05, 4.69) is 24.7 Å². The zero-order valence-electron chi connectivity index (χ0n) is 19.8. The van der Waals surface area contributed by atoms with E-state index in [4.69, 9.17) is 5.73 Å². The summed E-state index contributed by atoms with van der Waals surface area (Å²) < 4.78 is 17.2. The van der Waals surface area contributed by atoms with Gasteiger partial charge in [-0.15, -0.1) is 11.8 Å². The standard InChI is InChI=1S/C21H26FN7O6S2/c22-10-35-26-12(15-25-20(23)37-27-15)16(31)24-13-17(32)28-14(19(33)34)11(8-36-18(13)28)7-29-4-1-21(9-30,2-5-29)3-6-29/h13,18,30H,1-10H2,(H3-,23,24,25,27,31,33,34)/p+1/t13-,18+,21?,29?/m1/s1. The number of halogens is 1. The summed E-state index contributed by atoms with van der Waals surface area (Å²) >= 11 is 2.18. The Hall–Kier alpha value is -2.82. The number of aliphatic hydroxyl groups is 1. The summed E-state index contributed by atoms with van der Waals surface area (Å²) in [6, 6.07) is -1.01. The van der Waals surface area contributed by atoms with E-state index in [1.807, 2.05) is 0 Å². The summed E-state index contributed by atoms with van der Waals surface area (Å²) in [5, 5.41) is 25.2. The average Bonchev–Trinajstić information content (AvgIpc) is 3.33. The molecule has 5 aliphatic rings. The number of aromatic nitrogens is 2. The van der Waals surface area contributed by atoms with E-state index in [0.29, 0.717) is 17.9 Å². The summed E-state index contributed by atoms with van der Waals surface area (Å²) in [5.41, 5.74) is 5.78. The first-order valence-electron chi connectivity index (χ1n) is 11.7. The number of carboxylic acid groups (broad SMARTS) is 1. The molecule has 1 aromatic heterocycles. The second-order valence-electron chi connectivity index (χ2n) is 9.83. The average molecular weight is 557 g/mol. The van der Waals surface area contributed by atoms with Crippen LogP contribution in [0.1, 0.15) is 25.1 Å². The van der Waals surface area contributed by atoms with Gasteiger partial charge in [0.25, 0.3) is 18.7 Å². The lowest BCUT2D eigenvalue weighted by Crippen LogP contribution is -2.71. The number of oxime groups is 1. The number of quaternary nitrogens is 1. The van der Waals surface area contributed by atoms with Gasteiger partial charge in [0, 0.05) is 54.1 Å². The van der Waals surface area contributed by atoms with Gasteiger partial charge in [0.2, 0.25) is 11.5 Å². The maximum absolute atomic E-state index is 13.1. The number of hydrogen-bond acceptors (Lipinski definition) is 11. The number of piperidine rings is 3. The number of aliphatic carboxylic acids is 1. The van der Waals surface area contributed by atoms with Crippen LogP contribution in [0, 0.1) is 5.41 Å². The van der Waals surface area contributed by atoms with E-state index in [9.17, 15) is 29.0 Å². The summed E-state index contributed by atoms with van der Waals surface area (Å²) in [7, 11) is 0. The monoisotopic (exact) mass is 556 g/mol. The van der Waals surface area contributed by atoms with Gasteiger partial charge in [-0.2, -0.15) is 9.36 Å². The Labute approximate surface area is 219 Å². The number of carboxylic acids is 1. The molecule has 5 aliphatic heterocycles. The van der Waals surface area contributed by atoms with Crippen molar-refractivity contribution in [2.24, 2.45) is 10.6 Å². The fourth-order valence-corrected chi connectivity index (χ4v) is 7.40. The Morgan fingerprint density at radius 2 is 2.03 bits per heavy atom. The van der Waals surface area contributed by atoms with E-state index in [-0.39, 0.29) is 28.7 Å². The summed E-state index contributed by atoms with van der Waals surface area (Å²) in [6.07, 6.45) is 2.71. The maximum Gasteiger partial charge on any atom is 0.352 e. The van der Waals surface area contributed by atoms with Crippen LogP contribution in [0.15, 0.2) is 16.4 Å². The number of amides is 2. The van der Waals surface area contributed by atoms with Crippen molar-refractivity contribution in [3.8, 4) is 0 Å². The molecule has 4 saturated heterocycles. The maximum atomic E-state index is 13.1. The molecule has 6 rings (SSSR count). The highest BCUT2D eigenvalue weighted by atomic mass is 32.2. The van der Waals surface area contributed by atoms with E-state index < -0.39 is 41.8 Å². The third-order valence-corrected chi connectivity index (χ3v) is 9.70. The molecular formula is C21H27FN7O6S2+. The highest BCUT2D eigenvalue weighted by molar-refractivity contribution is 8.00. The number of nitrogens with zero attached hydrogens (tertiary/aromatic N) is 5. The van der Waals surface area contributed by atoms with Crippen molar-refractivity contribution in [1.29, 1.82) is 0 Å². The fraction of sp³-hybridized carbons (Fsp3) is 0.619. The van der Waals surface area contributed by atoms with Crippen LogP contribution in [-0.4, -0.2) is 109 Å². The van der Waals surface area contributed by atoms with Crippen molar-refractivity contribution in [2.75, 3.05) is 51.1 Å². The summed E-state index contributed by atoms with van der Waals surface area (Å²) in [5.74, 6) is -2.39. The Bertz CT molecular complexity index is 1170. The molecular weight excluding hydrogens is 529 g/mol. The Morgan fingerprint density at radius 1 is 1.32 bits per heavy atom. The number of nitrogens with one attached hydrogen (secondary N) is 1. The first kappa shape index (κ1) is 25.8. The molecule has 0 aliphatic carbocycles. The topological polar surface area (TPSA) is 180 Å². The predicted molar refractivity (Wildman–Crippen MR) is 131 cm³/mol. The molecule has 2 atom stereocenters. The number of β-lactam (4-membered cyclic amide) rings is 1. The Morgan fingerprint density at radius 3 is 2.59 bits per heavy atom. The molecule has 2 amide bonds. The molecule has 1 aromatic rings. The normalized spacial score (nSPS) is 31.1. The van der Waals surface area contributed by atoms with E-state index in [0.717, 1.165) is 54.9 Å². The number of carbonyl (C=O) groups excluding carboxylic acids is 2. The highest BCUT2D eigenvalue weighted by Gasteiger charge is 2.56. The number of fused-ring (bicyclic) bond motifs is 4. The second kappa shape index (κ2) is 9.81. The van der Waals surface area contributed by atoms with Gasteiger partial charge in [0.05, 0.1) is 19.6 Å². The van der Waals surface area contributed by atoms with Gasteiger partial charge in [-0.05, 0) is 0 Å². The number of carbonyl (C=O) groups is 3. The first-order valence-corrected chi connectivity index (χ1v) is 13.6. The number of aliphatic hydroxyl groups excluding tert-OH is 1. The van der Waals surface area contributed by atoms with Crippen LogP contribution < -0.4 is 11.1 Å². The van der Waals surface area contributed by atoms with E-state index in [1.165, 1.54) is 16.7 Å². The molecule has 0 radical (unpaired) electrons. The minimum Gasteiger partial charge on any atom is -0.477 e. The molecule has 16 heteroatoms. The highest BCUT2D eigenvalue weighted by Crippen LogP contribution is 2.46. The predicted octanol–water partition coefficient (Wildman–Crippen LogP) is -0.500. The number of nitrogens with two attached hydrogens (primary N) is 1. The molecule has 13 nitrogen and oxygen atoms in total. The molecule has 0 saturated carbocycles. The number of anilines is 1. The van der Waals surface area contributed by atoms with E-state index >= 15 is 0 Å². The van der Waals surface area contributed by atoms with Crippen LogP contribution in [0.5, 0.6) is 0 Å². The van der Waals surface area contributed by atoms with Gasteiger partial charge in [-0.1, -0.05) is 5.16 Å². The minimum absolute atomic E-state index is 0.00747. The smallest absolute Gasteiger partial charge is 0.352 e. The van der Waals surface area contributed by atoms with Crippen LogP contribution in [0.3, 0.4) is 0 Å². The zero-order valence-corrected chi connectivity index (χ0v) is 21.4. The minimum atomic E-state index is -1.29. The summed E-state index contributed by atoms with van der Waals surface area (Å²) in [4.78, 5) is 47.7. The first-order chi connectivity index (χ1) is 17.7. The lowest BCUT2D eigenvalue weighted by atomic mass is 9.71. The molecule has 37 heavy (non-hydrogen) atoms. The molecule has 4 fully saturated rings. The fourth-order valence-electron chi connectivity index (χ4n) is 5.63. The Balaban J connectivity index is 1.32. The third-order valence-electron chi connectivity index (χ3n) is 7.82. The molecule has 2 bridgehead atoms. The Kier molecular flexibility index (Phi) is 6.84. The molecule has 0 unspecified atom stereocenters. The van der Waals surface area contributed by atoms with Crippen molar-refractivity contribution in [3.05, 3.63) is 17.1 Å². The summed E-state index contributed by atoms with van der Waals surface area (Å²) in [6.45, 7) is 2.04. The number of nitrogen functional groups attached to an aromatic ring is 1. The van der Waals surface area contributed by atoms with Gasteiger partial charge in [0.15, 0.2) is 5.13 Å². The quantitative estimate of drug-likeness (QED) is 0.134. The molecule has 200 valence electrons. The SMILES string of the molecule is Nc1nc(C(=NOCF)C(=O)N[C@@H]2C(=O)N3C(C(=O)O)=C(C[N+]45CCC(CO)(CC4)CC5)CS[C@@H]23)ns1. The number of hydrogen-bond donors (Lipinski definition) is 4. The van der Waals surface area contributed by atoms with Crippen molar-refractivity contribution >= 4 is 51.9 Å². The second-order valence-corrected chi connectivity index (χ2v) is 11.7. The number of thioether (sulfide) groups is 1. The van der Waals surface area contributed by atoms with Crippen LogP contribution in [0.2, 0.25) is 0 Å².